The van der Waals surface area contributed by atoms with Crippen molar-refractivity contribution >= 4 is 22.6 Å². The summed E-state index contributed by atoms with van der Waals surface area (Å²) in [5, 5.41) is 1.11. The van der Waals surface area contributed by atoms with E-state index in [2.05, 4.69) is 36.1 Å². The topological polar surface area (TPSA) is 45.7 Å². The predicted molar refractivity (Wildman–Crippen MR) is 126 cm³/mol. The number of nitrogens with zero attached hydrogens (tertiary/aromatic N) is 3. The first-order chi connectivity index (χ1) is 15.0. The summed E-state index contributed by atoms with van der Waals surface area (Å²) < 4.78 is 5.45. The molecule has 1 amide bonds. The highest BCUT2D eigenvalue weighted by atomic mass is 16.5. The highest BCUT2D eigenvalue weighted by molar-refractivity contribution is 5.83. The largest absolute Gasteiger partial charge is 0.496 e. The number of rotatable bonds is 8. The molecule has 5 nitrogen and oxygen atoms in total. The molecule has 5 heteroatoms. The van der Waals surface area contributed by atoms with Gasteiger partial charge in [0.05, 0.1) is 12.6 Å². The lowest BCUT2D eigenvalue weighted by atomic mass is 10.1. The lowest BCUT2D eigenvalue weighted by Crippen LogP contribution is -2.33. The summed E-state index contributed by atoms with van der Waals surface area (Å²) >= 11 is 0. The van der Waals surface area contributed by atoms with E-state index in [1.807, 2.05) is 43.3 Å². The number of carbonyl (C=O) groups excluding carboxylic acids is 1. The zero-order valence-electron chi connectivity index (χ0n) is 18.9. The number of benzene rings is 2. The minimum Gasteiger partial charge on any atom is -0.496 e. The number of hydrogen-bond donors (Lipinski definition) is 0. The Bertz CT molecular complexity index is 1090. The molecule has 0 N–H and O–H groups in total. The van der Waals surface area contributed by atoms with Crippen molar-refractivity contribution in [1.82, 2.24) is 9.88 Å². The van der Waals surface area contributed by atoms with Crippen molar-refractivity contribution in [1.29, 1.82) is 0 Å². The summed E-state index contributed by atoms with van der Waals surface area (Å²) in [6, 6.07) is 16.8. The molecule has 1 aromatic heterocycles. The summed E-state index contributed by atoms with van der Waals surface area (Å²) in [7, 11) is 5.70. The van der Waals surface area contributed by atoms with Gasteiger partial charge in [-0.1, -0.05) is 30.3 Å². The van der Waals surface area contributed by atoms with Crippen molar-refractivity contribution in [2.24, 2.45) is 0 Å². The Hall–Kier alpha value is -3.08. The average Bonchev–Trinajstić information content (AvgIpc) is 3.60. The molecular weight excluding hydrogens is 386 g/mol. The smallest absolute Gasteiger partial charge is 0.223 e. The van der Waals surface area contributed by atoms with Gasteiger partial charge in [-0.05, 0) is 55.5 Å². The molecule has 2 aromatic carbocycles. The van der Waals surface area contributed by atoms with Gasteiger partial charge in [0, 0.05) is 44.1 Å². The van der Waals surface area contributed by atoms with E-state index in [1.165, 1.54) is 5.56 Å². The maximum atomic E-state index is 13.2. The number of anilines is 1. The van der Waals surface area contributed by atoms with E-state index < -0.39 is 0 Å². The molecule has 1 aliphatic carbocycles. The Morgan fingerprint density at radius 2 is 1.87 bits per heavy atom. The molecule has 0 bridgehead atoms. The molecule has 4 rings (SSSR count). The fourth-order valence-corrected chi connectivity index (χ4v) is 4.10. The number of hydrogen-bond acceptors (Lipinski definition) is 4. The molecule has 1 heterocycles. The number of fused-ring (bicyclic) bond motifs is 1. The van der Waals surface area contributed by atoms with Crippen LogP contribution in [0, 0.1) is 6.92 Å². The quantitative estimate of drug-likeness (QED) is 0.531. The van der Waals surface area contributed by atoms with Gasteiger partial charge < -0.3 is 14.5 Å². The first kappa shape index (κ1) is 21.2. The molecular formula is C26H31N3O2. The number of aromatic nitrogens is 1. The van der Waals surface area contributed by atoms with E-state index in [4.69, 9.17) is 9.72 Å². The minimum absolute atomic E-state index is 0.196. The first-order valence-electron chi connectivity index (χ1n) is 10.9. The number of amides is 1. The van der Waals surface area contributed by atoms with Crippen molar-refractivity contribution in [2.45, 2.75) is 45.2 Å². The van der Waals surface area contributed by atoms with Crippen LogP contribution in [0.3, 0.4) is 0 Å². The van der Waals surface area contributed by atoms with E-state index in [9.17, 15) is 4.79 Å². The van der Waals surface area contributed by atoms with Gasteiger partial charge in [0.2, 0.25) is 5.91 Å². The SMILES string of the molecule is COc1ccccc1CCC(=O)N(Cc1cc2ccc(C)cc2nc1N(C)C)C1CC1. The maximum Gasteiger partial charge on any atom is 0.223 e. The summed E-state index contributed by atoms with van der Waals surface area (Å²) in [5.74, 6) is 1.97. The van der Waals surface area contributed by atoms with Crippen LogP contribution in [0.15, 0.2) is 48.5 Å². The molecule has 0 aliphatic heterocycles. The number of aryl methyl sites for hydroxylation is 2. The van der Waals surface area contributed by atoms with Crippen molar-refractivity contribution in [2.75, 3.05) is 26.1 Å². The molecule has 0 spiro atoms. The van der Waals surface area contributed by atoms with Gasteiger partial charge in [-0.3, -0.25) is 4.79 Å². The second kappa shape index (κ2) is 8.96. The van der Waals surface area contributed by atoms with E-state index in [1.54, 1.807) is 7.11 Å². The molecule has 3 aromatic rings. The van der Waals surface area contributed by atoms with Crippen molar-refractivity contribution in [3.05, 3.63) is 65.2 Å². The maximum absolute atomic E-state index is 13.2. The molecule has 0 atom stereocenters. The van der Waals surface area contributed by atoms with Gasteiger partial charge in [-0.25, -0.2) is 4.98 Å². The molecule has 0 saturated heterocycles. The third kappa shape index (κ3) is 4.82. The normalized spacial score (nSPS) is 13.3. The van der Waals surface area contributed by atoms with Crippen LogP contribution in [0.2, 0.25) is 0 Å². The molecule has 31 heavy (non-hydrogen) atoms. The van der Waals surface area contributed by atoms with Crippen LogP contribution in [-0.4, -0.2) is 43.0 Å². The number of para-hydroxylation sites is 1. The van der Waals surface area contributed by atoms with Crippen LogP contribution in [0.5, 0.6) is 5.75 Å². The number of ether oxygens (including phenoxy) is 1. The van der Waals surface area contributed by atoms with Crippen LogP contribution < -0.4 is 9.64 Å². The van der Waals surface area contributed by atoms with Gasteiger partial charge in [0.25, 0.3) is 0 Å². The molecule has 1 aliphatic rings. The zero-order chi connectivity index (χ0) is 22.0. The Morgan fingerprint density at radius 3 is 2.58 bits per heavy atom. The second-order valence-electron chi connectivity index (χ2n) is 8.63. The Balaban J connectivity index is 1.56. The van der Waals surface area contributed by atoms with Crippen molar-refractivity contribution in [3.8, 4) is 5.75 Å². The highest BCUT2D eigenvalue weighted by Gasteiger charge is 2.33. The minimum atomic E-state index is 0.196. The van der Waals surface area contributed by atoms with E-state index in [0.717, 1.165) is 46.4 Å². The Labute approximate surface area is 184 Å². The van der Waals surface area contributed by atoms with Gasteiger partial charge in [0.1, 0.15) is 11.6 Å². The molecule has 1 saturated carbocycles. The van der Waals surface area contributed by atoms with Gasteiger partial charge >= 0.3 is 0 Å². The summed E-state index contributed by atoms with van der Waals surface area (Å²) in [4.78, 5) is 22.3. The lowest BCUT2D eigenvalue weighted by molar-refractivity contribution is -0.132. The predicted octanol–water partition coefficient (Wildman–Crippen LogP) is 4.74. The van der Waals surface area contributed by atoms with Crippen molar-refractivity contribution in [3.63, 3.8) is 0 Å². The van der Waals surface area contributed by atoms with Crippen LogP contribution in [-0.2, 0) is 17.8 Å². The molecule has 162 valence electrons. The van der Waals surface area contributed by atoms with Crippen LogP contribution in [0.4, 0.5) is 5.82 Å². The monoisotopic (exact) mass is 417 g/mol. The van der Waals surface area contributed by atoms with Crippen molar-refractivity contribution < 1.29 is 9.53 Å². The third-order valence-electron chi connectivity index (χ3n) is 5.90. The Morgan fingerprint density at radius 1 is 1.10 bits per heavy atom. The summed E-state index contributed by atoms with van der Waals surface area (Å²) in [6.45, 7) is 2.68. The summed E-state index contributed by atoms with van der Waals surface area (Å²) in [6.07, 6.45) is 3.33. The van der Waals surface area contributed by atoms with Crippen LogP contribution in [0.25, 0.3) is 10.9 Å². The molecule has 0 unspecified atom stereocenters. The number of methoxy groups -OCH3 is 1. The van der Waals surface area contributed by atoms with Gasteiger partial charge in [-0.15, -0.1) is 0 Å². The number of carbonyl (C=O) groups is 1. The van der Waals surface area contributed by atoms with E-state index in [-0.39, 0.29) is 5.91 Å². The lowest BCUT2D eigenvalue weighted by Gasteiger charge is -2.26. The fourth-order valence-electron chi connectivity index (χ4n) is 4.10. The Kier molecular flexibility index (Phi) is 6.12. The first-order valence-corrected chi connectivity index (χ1v) is 10.9. The molecule has 0 radical (unpaired) electrons. The average molecular weight is 418 g/mol. The standard InChI is InChI=1S/C26H31N3O2/c1-18-9-10-20-16-21(26(28(2)3)27-23(20)15-18)17-29(22-12-13-22)25(30)14-11-19-7-5-6-8-24(19)31-4/h5-10,15-16,22H,11-14,17H2,1-4H3. The van der Waals surface area contributed by atoms with Gasteiger partial charge in [0.15, 0.2) is 0 Å². The zero-order valence-corrected chi connectivity index (χ0v) is 18.9. The summed E-state index contributed by atoms with van der Waals surface area (Å²) in [5.41, 5.74) is 4.36. The van der Waals surface area contributed by atoms with E-state index >= 15 is 0 Å². The number of pyridine rings is 1. The molecule has 1 fully saturated rings. The fraction of sp³-hybridized carbons (Fsp3) is 0.385. The van der Waals surface area contributed by atoms with Crippen LogP contribution in [0.1, 0.15) is 36.0 Å². The second-order valence-corrected chi connectivity index (χ2v) is 8.63. The van der Waals surface area contributed by atoms with Gasteiger partial charge in [-0.2, -0.15) is 0 Å². The van der Waals surface area contributed by atoms with E-state index in [0.29, 0.717) is 25.4 Å². The highest BCUT2D eigenvalue weighted by Crippen LogP contribution is 2.32. The third-order valence-corrected chi connectivity index (χ3v) is 5.90. The van der Waals surface area contributed by atoms with Crippen LogP contribution >= 0.6 is 0 Å².